The highest BCUT2D eigenvalue weighted by molar-refractivity contribution is 5.77. The highest BCUT2D eigenvalue weighted by Crippen LogP contribution is 2.35. The summed E-state index contributed by atoms with van der Waals surface area (Å²) < 4.78 is 46.3. The van der Waals surface area contributed by atoms with E-state index in [2.05, 4.69) is 15.5 Å². The second-order valence-electron chi connectivity index (χ2n) is 6.06. The van der Waals surface area contributed by atoms with E-state index in [0.29, 0.717) is 5.82 Å². The lowest BCUT2D eigenvalue weighted by Gasteiger charge is -2.21. The third-order valence-corrected chi connectivity index (χ3v) is 4.16. The van der Waals surface area contributed by atoms with Crippen molar-refractivity contribution in [3.63, 3.8) is 0 Å². The number of hydrogen-bond donors (Lipinski definition) is 1. The number of hydrogen-bond acceptors (Lipinski definition) is 4. The Morgan fingerprint density at radius 2 is 2.00 bits per heavy atom. The molecule has 0 fully saturated rings. The normalized spacial score (nSPS) is 15.3. The van der Waals surface area contributed by atoms with Gasteiger partial charge in [0.05, 0.1) is 6.54 Å². The molecular formula is C17H19F3N4O2. The maximum atomic E-state index is 13.2. The molecule has 1 atom stereocenters. The summed E-state index contributed by atoms with van der Waals surface area (Å²) in [5.74, 6) is 0.838. The number of nitrogens with one attached hydrogen (secondary N) is 1. The van der Waals surface area contributed by atoms with E-state index in [-0.39, 0.29) is 12.1 Å². The molecule has 0 unspecified atom stereocenters. The number of fused-ring (bicyclic) bond motifs is 1. The van der Waals surface area contributed by atoms with Gasteiger partial charge in [-0.15, -0.1) is 10.2 Å². The van der Waals surface area contributed by atoms with Crippen molar-refractivity contribution in [2.24, 2.45) is 0 Å². The van der Waals surface area contributed by atoms with Gasteiger partial charge in [0.25, 0.3) is 0 Å². The third kappa shape index (κ3) is 4.40. The van der Waals surface area contributed by atoms with Crippen LogP contribution in [0.5, 0.6) is 0 Å². The average Bonchev–Trinajstić information content (AvgIpc) is 3.03. The van der Waals surface area contributed by atoms with Crippen LogP contribution in [0.2, 0.25) is 0 Å². The monoisotopic (exact) mass is 368 g/mol. The second kappa shape index (κ2) is 7.86. The molecule has 0 bridgehead atoms. The number of halogens is 3. The Hall–Kier alpha value is -2.42. The molecule has 1 aromatic heterocycles. The molecule has 1 aliphatic heterocycles. The Kier molecular flexibility index (Phi) is 5.55. The standard InChI is InChI=1S/C17H19F3N4O2/c18-17(19,20)16(12-6-2-1-3-7-12)26-11-15(25)21-10-14-23-22-13-8-4-5-9-24(13)14/h1-3,6-7,16H,4-5,8-11H2,(H,21,25)/t16-/m1/s1. The fourth-order valence-corrected chi connectivity index (χ4v) is 2.89. The lowest BCUT2D eigenvalue weighted by molar-refractivity contribution is -0.223. The van der Waals surface area contributed by atoms with E-state index in [1.54, 1.807) is 6.07 Å². The highest BCUT2D eigenvalue weighted by atomic mass is 19.4. The molecule has 26 heavy (non-hydrogen) atoms. The number of aromatic nitrogens is 3. The first-order valence-electron chi connectivity index (χ1n) is 8.36. The predicted molar refractivity (Wildman–Crippen MR) is 86.0 cm³/mol. The zero-order valence-corrected chi connectivity index (χ0v) is 14.0. The van der Waals surface area contributed by atoms with Crippen molar-refractivity contribution in [2.75, 3.05) is 6.61 Å². The Bertz CT molecular complexity index is 746. The maximum absolute atomic E-state index is 13.2. The Morgan fingerprint density at radius 1 is 1.23 bits per heavy atom. The van der Waals surface area contributed by atoms with Crippen LogP contribution in [0.4, 0.5) is 13.2 Å². The minimum absolute atomic E-state index is 0.0423. The van der Waals surface area contributed by atoms with Crippen LogP contribution in [-0.2, 0) is 29.0 Å². The van der Waals surface area contributed by atoms with Crippen LogP contribution in [0, 0.1) is 0 Å². The van der Waals surface area contributed by atoms with Gasteiger partial charge in [0.15, 0.2) is 11.9 Å². The molecule has 3 rings (SSSR count). The third-order valence-electron chi connectivity index (χ3n) is 4.16. The Balaban J connectivity index is 1.55. The highest BCUT2D eigenvalue weighted by Gasteiger charge is 2.42. The number of carbonyl (C=O) groups is 1. The van der Waals surface area contributed by atoms with Crippen LogP contribution >= 0.6 is 0 Å². The number of nitrogens with zero attached hydrogens (tertiary/aromatic N) is 3. The summed E-state index contributed by atoms with van der Waals surface area (Å²) in [5.41, 5.74) is -0.0423. The van der Waals surface area contributed by atoms with Gasteiger partial charge in [0.2, 0.25) is 5.91 Å². The molecular weight excluding hydrogens is 349 g/mol. The first-order chi connectivity index (χ1) is 12.4. The van der Waals surface area contributed by atoms with Crippen molar-refractivity contribution in [3.05, 3.63) is 47.5 Å². The van der Waals surface area contributed by atoms with E-state index in [9.17, 15) is 18.0 Å². The lowest BCUT2D eigenvalue weighted by atomic mass is 10.1. The van der Waals surface area contributed by atoms with Gasteiger partial charge in [-0.3, -0.25) is 4.79 Å². The minimum Gasteiger partial charge on any atom is -0.354 e. The van der Waals surface area contributed by atoms with Crippen molar-refractivity contribution in [1.82, 2.24) is 20.1 Å². The number of ether oxygens (including phenoxy) is 1. The van der Waals surface area contributed by atoms with Gasteiger partial charge >= 0.3 is 6.18 Å². The van der Waals surface area contributed by atoms with Gasteiger partial charge in [0, 0.05) is 13.0 Å². The minimum atomic E-state index is -4.60. The van der Waals surface area contributed by atoms with Crippen LogP contribution in [0.1, 0.15) is 36.2 Å². The number of aryl methyl sites for hydroxylation is 1. The van der Waals surface area contributed by atoms with Crippen molar-refractivity contribution in [3.8, 4) is 0 Å². The largest absolute Gasteiger partial charge is 0.418 e. The Morgan fingerprint density at radius 3 is 2.73 bits per heavy atom. The molecule has 9 heteroatoms. The fourth-order valence-electron chi connectivity index (χ4n) is 2.89. The second-order valence-corrected chi connectivity index (χ2v) is 6.06. The van der Waals surface area contributed by atoms with E-state index in [1.165, 1.54) is 24.3 Å². The molecule has 140 valence electrons. The first kappa shape index (κ1) is 18.4. The van der Waals surface area contributed by atoms with E-state index in [1.807, 2.05) is 4.57 Å². The summed E-state index contributed by atoms with van der Waals surface area (Å²) in [5, 5.41) is 10.6. The smallest absolute Gasteiger partial charge is 0.354 e. The lowest BCUT2D eigenvalue weighted by Crippen LogP contribution is -2.32. The molecule has 2 aromatic rings. The van der Waals surface area contributed by atoms with E-state index in [0.717, 1.165) is 31.6 Å². The van der Waals surface area contributed by atoms with Gasteiger partial charge in [-0.2, -0.15) is 13.2 Å². The molecule has 0 spiro atoms. The van der Waals surface area contributed by atoms with Gasteiger partial charge in [0.1, 0.15) is 12.4 Å². The summed E-state index contributed by atoms with van der Waals surface area (Å²) in [6.07, 6.45) is -3.84. The van der Waals surface area contributed by atoms with E-state index >= 15 is 0 Å². The van der Waals surface area contributed by atoms with Gasteiger partial charge < -0.3 is 14.6 Å². The van der Waals surface area contributed by atoms with Crippen LogP contribution in [0.15, 0.2) is 30.3 Å². The number of amides is 1. The number of carbonyl (C=O) groups excluding carboxylic acids is 1. The van der Waals surface area contributed by atoms with Crippen LogP contribution in [0.3, 0.4) is 0 Å². The number of rotatable bonds is 6. The predicted octanol–water partition coefficient (Wildman–Crippen LogP) is 2.55. The first-order valence-corrected chi connectivity index (χ1v) is 8.36. The van der Waals surface area contributed by atoms with Crippen LogP contribution in [0.25, 0.3) is 0 Å². The summed E-state index contributed by atoms with van der Waals surface area (Å²) in [6.45, 7) is 0.200. The maximum Gasteiger partial charge on any atom is 0.418 e. The summed E-state index contributed by atoms with van der Waals surface area (Å²) in [4.78, 5) is 11.9. The number of benzene rings is 1. The van der Waals surface area contributed by atoms with Gasteiger partial charge in [-0.25, -0.2) is 0 Å². The van der Waals surface area contributed by atoms with Gasteiger partial charge in [-0.1, -0.05) is 30.3 Å². The molecule has 1 amide bonds. The van der Waals surface area contributed by atoms with Crippen LogP contribution < -0.4 is 5.32 Å². The Labute approximate surface area is 148 Å². The SMILES string of the molecule is O=C(CO[C@H](c1ccccc1)C(F)(F)F)NCc1nnc2n1CCCC2. The molecule has 1 aliphatic rings. The molecule has 0 saturated heterocycles. The van der Waals surface area contributed by atoms with Crippen molar-refractivity contribution >= 4 is 5.91 Å². The average molecular weight is 368 g/mol. The molecule has 1 N–H and O–H groups in total. The number of alkyl halides is 3. The van der Waals surface area contributed by atoms with Crippen molar-refractivity contribution < 1.29 is 22.7 Å². The van der Waals surface area contributed by atoms with Crippen molar-refractivity contribution in [1.29, 1.82) is 0 Å². The summed E-state index contributed by atoms with van der Waals surface area (Å²) >= 11 is 0. The summed E-state index contributed by atoms with van der Waals surface area (Å²) in [6, 6.07) is 7.23. The zero-order valence-electron chi connectivity index (χ0n) is 14.0. The molecule has 2 heterocycles. The van der Waals surface area contributed by atoms with Gasteiger partial charge in [-0.05, 0) is 18.4 Å². The molecule has 6 nitrogen and oxygen atoms in total. The molecule has 0 aliphatic carbocycles. The van der Waals surface area contributed by atoms with E-state index in [4.69, 9.17) is 4.74 Å². The fraction of sp³-hybridized carbons (Fsp3) is 0.471. The quantitative estimate of drug-likeness (QED) is 0.851. The van der Waals surface area contributed by atoms with Crippen LogP contribution in [-0.4, -0.2) is 33.5 Å². The topological polar surface area (TPSA) is 69.0 Å². The van der Waals surface area contributed by atoms with E-state index < -0.39 is 24.8 Å². The summed E-state index contributed by atoms with van der Waals surface area (Å²) in [7, 11) is 0. The molecule has 1 aromatic carbocycles. The molecule has 0 radical (unpaired) electrons. The van der Waals surface area contributed by atoms with Crippen molar-refractivity contribution in [2.45, 2.75) is 44.6 Å². The molecule has 0 saturated carbocycles. The zero-order chi connectivity index (χ0) is 18.6.